The molecule has 0 rings (SSSR count). The first kappa shape index (κ1) is 88.5. The first-order valence-electron chi connectivity index (χ1n) is 36.2. The van der Waals surface area contributed by atoms with Crippen LogP contribution in [0.4, 0.5) is 0 Å². The molecule has 0 aliphatic heterocycles. The number of carbonyl (C=O) groups excluding carboxylic acids is 4. The van der Waals surface area contributed by atoms with Crippen LogP contribution in [0.3, 0.4) is 0 Å². The fraction of sp³-hybridized carbons (Fsp3) is 0.781. The van der Waals surface area contributed by atoms with Crippen molar-refractivity contribution >= 4 is 39.5 Å². The first-order chi connectivity index (χ1) is 44.7. The molecule has 0 aromatic rings. The zero-order valence-corrected chi connectivity index (χ0v) is 59.8. The van der Waals surface area contributed by atoms with Crippen molar-refractivity contribution in [2.24, 2.45) is 0 Å². The molecule has 534 valence electrons. The van der Waals surface area contributed by atoms with E-state index >= 15 is 0 Å². The molecule has 0 bridgehead atoms. The number of phosphoric acid groups is 2. The average Bonchev–Trinajstić information content (AvgIpc) is 2.93. The van der Waals surface area contributed by atoms with E-state index in [1.165, 1.54) is 64.2 Å². The molecule has 0 aliphatic rings. The third-order valence-electron chi connectivity index (χ3n) is 15.1. The van der Waals surface area contributed by atoms with Gasteiger partial charge in [0.1, 0.15) is 19.3 Å². The molecule has 0 radical (unpaired) electrons. The molecule has 0 saturated heterocycles. The van der Waals surface area contributed by atoms with Gasteiger partial charge in [0.15, 0.2) is 12.2 Å². The predicted molar refractivity (Wildman–Crippen MR) is 372 cm³/mol. The van der Waals surface area contributed by atoms with Gasteiger partial charge in [0, 0.05) is 25.7 Å². The van der Waals surface area contributed by atoms with Crippen LogP contribution in [0.2, 0.25) is 0 Å². The third-order valence-corrected chi connectivity index (χ3v) is 17.0. The van der Waals surface area contributed by atoms with Crippen LogP contribution >= 0.6 is 15.6 Å². The number of unbranched alkanes of at least 4 members (excludes halogenated alkanes) is 30. The number of allylic oxidation sites excluding steroid dienone is 12. The van der Waals surface area contributed by atoms with E-state index in [2.05, 4.69) is 101 Å². The van der Waals surface area contributed by atoms with Crippen molar-refractivity contribution in [2.45, 2.75) is 329 Å². The molecular weight excluding hydrogens is 1210 g/mol. The van der Waals surface area contributed by atoms with Gasteiger partial charge >= 0.3 is 39.5 Å². The van der Waals surface area contributed by atoms with Gasteiger partial charge < -0.3 is 33.8 Å². The summed E-state index contributed by atoms with van der Waals surface area (Å²) in [5.74, 6) is -2.21. The first-order valence-corrected chi connectivity index (χ1v) is 39.2. The van der Waals surface area contributed by atoms with Gasteiger partial charge in [-0.1, -0.05) is 235 Å². The third kappa shape index (κ3) is 65.2. The van der Waals surface area contributed by atoms with Gasteiger partial charge in [0.2, 0.25) is 0 Å². The number of ether oxygens (including phenoxy) is 4. The Morgan fingerprint density at radius 3 is 0.913 bits per heavy atom. The van der Waals surface area contributed by atoms with Crippen LogP contribution in [-0.2, 0) is 65.4 Å². The van der Waals surface area contributed by atoms with Crippen molar-refractivity contribution in [1.29, 1.82) is 0 Å². The SMILES string of the molecule is CC/C=C\C/C=C\C/C=C\CCCCCCCC(=O)OCC(COP(=O)(O)OCC(O)COP(=O)(O)OCC(COC(=O)CCCCCCC/C=C\CCCC)OC(=O)CCCCCCC/C=C\CCCC)OC(=O)CCCCCCC/C=C\CCCCCCCC. The maximum Gasteiger partial charge on any atom is 0.472 e. The summed E-state index contributed by atoms with van der Waals surface area (Å²) in [5, 5.41) is 10.6. The van der Waals surface area contributed by atoms with Gasteiger partial charge in [0.05, 0.1) is 26.4 Å². The van der Waals surface area contributed by atoms with Crippen LogP contribution in [0.5, 0.6) is 0 Å². The minimum atomic E-state index is -4.97. The highest BCUT2D eigenvalue weighted by Crippen LogP contribution is 2.45. The molecule has 0 aromatic heterocycles. The second-order valence-corrected chi connectivity index (χ2v) is 27.0. The highest BCUT2D eigenvalue weighted by Gasteiger charge is 2.30. The largest absolute Gasteiger partial charge is 0.472 e. The number of hydrogen-bond acceptors (Lipinski definition) is 15. The maximum atomic E-state index is 13.0. The maximum absolute atomic E-state index is 13.0. The number of aliphatic hydroxyl groups excluding tert-OH is 1. The molecule has 0 heterocycles. The van der Waals surface area contributed by atoms with Gasteiger partial charge in [-0.15, -0.1) is 0 Å². The highest BCUT2D eigenvalue weighted by molar-refractivity contribution is 7.47. The average molecular weight is 1340 g/mol. The Bertz CT molecular complexity index is 2040. The number of aliphatic hydroxyl groups is 1. The topological polar surface area (TPSA) is 237 Å². The molecule has 92 heavy (non-hydrogen) atoms. The Morgan fingerprint density at radius 1 is 0.315 bits per heavy atom. The van der Waals surface area contributed by atoms with E-state index in [0.29, 0.717) is 25.7 Å². The number of hydrogen-bond donors (Lipinski definition) is 3. The molecule has 0 fully saturated rings. The van der Waals surface area contributed by atoms with Crippen LogP contribution < -0.4 is 0 Å². The van der Waals surface area contributed by atoms with Crippen molar-refractivity contribution in [2.75, 3.05) is 39.6 Å². The van der Waals surface area contributed by atoms with E-state index in [1.807, 2.05) is 0 Å². The Hall–Kier alpha value is -3.50. The zero-order chi connectivity index (χ0) is 67.5. The van der Waals surface area contributed by atoms with Gasteiger partial charge in [-0.25, -0.2) is 9.13 Å². The number of rotatable bonds is 68. The van der Waals surface area contributed by atoms with E-state index in [9.17, 15) is 43.2 Å². The lowest BCUT2D eigenvalue weighted by Crippen LogP contribution is -2.30. The summed E-state index contributed by atoms with van der Waals surface area (Å²) in [4.78, 5) is 72.6. The molecule has 19 heteroatoms. The summed E-state index contributed by atoms with van der Waals surface area (Å²) in [6.45, 7) is 4.64. The molecule has 0 aliphatic carbocycles. The Balaban J connectivity index is 5.33. The summed E-state index contributed by atoms with van der Waals surface area (Å²) < 4.78 is 68.2. The molecule has 5 atom stereocenters. The minimum absolute atomic E-state index is 0.0831. The zero-order valence-electron chi connectivity index (χ0n) is 58.0. The van der Waals surface area contributed by atoms with Crippen LogP contribution in [0.1, 0.15) is 310 Å². The second-order valence-electron chi connectivity index (χ2n) is 24.1. The lowest BCUT2D eigenvalue weighted by molar-refractivity contribution is -0.161. The quantitative estimate of drug-likeness (QED) is 0.0169. The van der Waals surface area contributed by atoms with E-state index in [4.69, 9.17) is 37.0 Å². The van der Waals surface area contributed by atoms with Crippen LogP contribution in [-0.4, -0.2) is 96.7 Å². The lowest BCUT2D eigenvalue weighted by atomic mass is 10.1. The van der Waals surface area contributed by atoms with Crippen LogP contribution in [0.15, 0.2) is 72.9 Å². The smallest absolute Gasteiger partial charge is 0.462 e. The Kier molecular flexibility index (Phi) is 63.6. The lowest BCUT2D eigenvalue weighted by Gasteiger charge is -2.21. The summed E-state index contributed by atoms with van der Waals surface area (Å²) in [5.41, 5.74) is 0. The Morgan fingerprint density at radius 2 is 0.576 bits per heavy atom. The van der Waals surface area contributed by atoms with Gasteiger partial charge in [0.25, 0.3) is 0 Å². The monoisotopic (exact) mass is 1340 g/mol. The van der Waals surface area contributed by atoms with E-state index < -0.39 is 97.5 Å². The van der Waals surface area contributed by atoms with E-state index in [-0.39, 0.29) is 25.7 Å². The molecule has 0 aromatic carbocycles. The summed E-state index contributed by atoms with van der Waals surface area (Å²) >= 11 is 0. The molecule has 5 unspecified atom stereocenters. The predicted octanol–water partition coefficient (Wildman–Crippen LogP) is 20.1. The van der Waals surface area contributed by atoms with Crippen molar-refractivity contribution < 1.29 is 80.2 Å². The van der Waals surface area contributed by atoms with Crippen molar-refractivity contribution in [3.63, 3.8) is 0 Å². The molecule has 17 nitrogen and oxygen atoms in total. The molecule has 0 amide bonds. The standard InChI is InChI=1S/C73H130O17P2/c1-5-9-13-17-21-25-29-31-33-35-39-42-46-50-54-58-71(76)84-64-69(90-73(78)60-56-52-48-44-40-36-34-32-30-26-22-18-14-10-6-2)66-88-92(81,82)86-62-67(74)61-85-91(79,80)87-65-68(89-72(77)59-55-51-47-43-38-28-24-20-16-12-8-4)63-83-70(75)57-53-49-45-41-37-27-23-19-15-11-7-3/h9,13,19-21,23-25,31-34,67-69,74H,5-8,10-12,14-18,22,26-30,35-66H2,1-4H3,(H,79,80)(H,81,82)/b13-9-,23-19-,24-20-,25-21-,33-31-,34-32-. The normalized spacial score (nSPS) is 14.5. The second kappa shape index (κ2) is 66.1. The fourth-order valence-electron chi connectivity index (χ4n) is 9.54. The minimum Gasteiger partial charge on any atom is -0.462 e. The highest BCUT2D eigenvalue weighted by atomic mass is 31.2. The number of carbonyl (C=O) groups is 4. The summed E-state index contributed by atoms with van der Waals surface area (Å²) in [7, 11) is -9.94. The van der Waals surface area contributed by atoms with Crippen LogP contribution in [0, 0.1) is 0 Å². The molecular formula is C73H130O17P2. The molecule has 3 N–H and O–H groups in total. The van der Waals surface area contributed by atoms with E-state index in [1.54, 1.807) is 0 Å². The number of esters is 4. The van der Waals surface area contributed by atoms with E-state index in [0.717, 1.165) is 167 Å². The van der Waals surface area contributed by atoms with Crippen LogP contribution in [0.25, 0.3) is 0 Å². The van der Waals surface area contributed by atoms with Crippen molar-refractivity contribution in [3.8, 4) is 0 Å². The fourth-order valence-corrected chi connectivity index (χ4v) is 11.1. The van der Waals surface area contributed by atoms with Crippen molar-refractivity contribution in [1.82, 2.24) is 0 Å². The van der Waals surface area contributed by atoms with Crippen molar-refractivity contribution in [3.05, 3.63) is 72.9 Å². The molecule has 0 spiro atoms. The molecule has 0 saturated carbocycles. The van der Waals surface area contributed by atoms with Gasteiger partial charge in [-0.3, -0.25) is 37.3 Å². The Labute approximate surface area is 558 Å². The summed E-state index contributed by atoms with van der Waals surface area (Å²) in [6.07, 6.45) is 63.4. The van der Waals surface area contributed by atoms with Gasteiger partial charge in [-0.2, -0.15) is 0 Å². The summed E-state index contributed by atoms with van der Waals surface area (Å²) in [6, 6.07) is 0. The number of phosphoric ester groups is 2. The van der Waals surface area contributed by atoms with Gasteiger partial charge in [-0.05, 0) is 122 Å².